The summed E-state index contributed by atoms with van der Waals surface area (Å²) in [6.45, 7) is 12.2. The summed E-state index contributed by atoms with van der Waals surface area (Å²) >= 11 is 1.90. The third-order valence-corrected chi connectivity index (χ3v) is 9.07. The number of thioether (sulfide) groups is 1. The van der Waals surface area contributed by atoms with E-state index in [2.05, 4.69) is 36.7 Å². The molecular formula is C25H45N4O6S+. The van der Waals surface area contributed by atoms with Crippen molar-refractivity contribution in [2.75, 3.05) is 38.5 Å². The van der Waals surface area contributed by atoms with E-state index in [9.17, 15) is 19.2 Å². The van der Waals surface area contributed by atoms with Crippen LogP contribution >= 0.6 is 11.8 Å². The molecule has 3 amide bonds. The fourth-order valence-corrected chi connectivity index (χ4v) is 6.91. The highest BCUT2D eigenvalue weighted by Gasteiger charge is 2.42. The molecule has 206 valence electrons. The minimum atomic E-state index is -0.492. The average Bonchev–Trinajstić information content (AvgIpc) is 3.37. The van der Waals surface area contributed by atoms with Crippen LogP contribution in [0.4, 0.5) is 4.79 Å². The lowest BCUT2D eigenvalue weighted by molar-refractivity contribution is -0.946. The number of likely N-dealkylation sites (N-methyl/N-ethyl adjacent to an activating group) is 1. The highest BCUT2D eigenvalue weighted by Crippen LogP contribution is 2.33. The molecule has 3 N–H and O–H groups in total. The Bertz CT molecular complexity index is 763. The largest absolute Gasteiger partial charge is 0.462 e. The summed E-state index contributed by atoms with van der Waals surface area (Å²) in [5.74, 6) is 0.220. The molecule has 2 aliphatic heterocycles. The first kappa shape index (κ1) is 30.2. The molecule has 5 atom stereocenters. The Labute approximate surface area is 219 Å². The van der Waals surface area contributed by atoms with Crippen molar-refractivity contribution in [3.8, 4) is 0 Å². The normalized spacial score (nSPS) is 22.7. The summed E-state index contributed by atoms with van der Waals surface area (Å²) in [6.07, 6.45) is 3.37. The quantitative estimate of drug-likeness (QED) is 0.121. The van der Waals surface area contributed by atoms with E-state index in [1.165, 1.54) is 13.8 Å². The molecule has 10 nitrogen and oxygen atoms in total. The maximum absolute atomic E-state index is 12.4. The Kier molecular flexibility index (Phi) is 12.3. The van der Waals surface area contributed by atoms with Crippen LogP contribution in [0.2, 0.25) is 0 Å². The molecule has 0 saturated carbocycles. The number of carbonyl (C=O) groups is 4. The molecule has 2 rings (SSSR count). The number of amides is 3. The number of ether oxygens (including phenoxy) is 2. The predicted octanol–water partition coefficient (Wildman–Crippen LogP) is 1.96. The van der Waals surface area contributed by atoms with Gasteiger partial charge in [0.05, 0.1) is 44.3 Å². The van der Waals surface area contributed by atoms with Gasteiger partial charge in [0.2, 0.25) is 5.91 Å². The Hall–Kier alpha value is -2.01. The number of rotatable bonds is 16. The van der Waals surface area contributed by atoms with Gasteiger partial charge in [-0.2, -0.15) is 11.8 Å². The van der Waals surface area contributed by atoms with Gasteiger partial charge in [0.1, 0.15) is 12.7 Å². The van der Waals surface area contributed by atoms with Gasteiger partial charge < -0.3 is 29.9 Å². The number of esters is 2. The molecule has 36 heavy (non-hydrogen) atoms. The van der Waals surface area contributed by atoms with Crippen LogP contribution in [0.25, 0.3) is 0 Å². The van der Waals surface area contributed by atoms with Crippen molar-refractivity contribution in [1.29, 1.82) is 0 Å². The molecule has 3 unspecified atom stereocenters. The van der Waals surface area contributed by atoms with Crippen LogP contribution in [0.15, 0.2) is 0 Å². The van der Waals surface area contributed by atoms with Crippen LogP contribution in [0.5, 0.6) is 0 Å². The van der Waals surface area contributed by atoms with Crippen LogP contribution in [-0.2, 0) is 23.9 Å². The number of hydrogen-bond donors (Lipinski definition) is 3. The number of quaternary nitrogens is 1. The number of nitrogens with zero attached hydrogens (tertiary/aromatic N) is 1. The van der Waals surface area contributed by atoms with Gasteiger partial charge in [-0.25, -0.2) is 4.79 Å². The van der Waals surface area contributed by atoms with Crippen LogP contribution < -0.4 is 16.0 Å². The lowest BCUT2D eigenvalue weighted by atomic mass is 10.0. The first-order chi connectivity index (χ1) is 17.1. The SMILES string of the molecule is CC[N+](CC)(CCNC(=O)CCCCC1SC[C@@H]2NC(=O)N[C@H]12)C(C)CC(COC(C)=O)OC(C)=O. The monoisotopic (exact) mass is 529 g/mol. The molecule has 11 heteroatoms. The van der Waals surface area contributed by atoms with Crippen LogP contribution in [0, 0.1) is 0 Å². The Morgan fingerprint density at radius 1 is 1.14 bits per heavy atom. The van der Waals surface area contributed by atoms with E-state index in [4.69, 9.17) is 9.47 Å². The van der Waals surface area contributed by atoms with Gasteiger partial charge in [0.15, 0.2) is 0 Å². The number of urea groups is 1. The van der Waals surface area contributed by atoms with Crippen molar-refractivity contribution in [2.24, 2.45) is 0 Å². The molecule has 0 aliphatic carbocycles. The zero-order chi connectivity index (χ0) is 26.7. The molecule has 0 spiro atoms. The summed E-state index contributed by atoms with van der Waals surface area (Å²) in [6, 6.07) is 0.528. The smallest absolute Gasteiger partial charge is 0.315 e. The van der Waals surface area contributed by atoms with Crippen molar-refractivity contribution >= 4 is 35.6 Å². The maximum Gasteiger partial charge on any atom is 0.315 e. The summed E-state index contributed by atoms with van der Waals surface area (Å²) in [5.41, 5.74) is 0. The molecule has 0 aromatic carbocycles. The second kappa shape index (κ2) is 14.7. The predicted molar refractivity (Wildman–Crippen MR) is 139 cm³/mol. The summed E-state index contributed by atoms with van der Waals surface area (Å²) in [4.78, 5) is 46.7. The molecule has 2 aliphatic rings. The maximum atomic E-state index is 12.4. The van der Waals surface area contributed by atoms with Crippen molar-refractivity contribution in [3.63, 3.8) is 0 Å². The van der Waals surface area contributed by atoms with E-state index in [0.29, 0.717) is 24.6 Å². The number of hydrogen-bond acceptors (Lipinski definition) is 7. The summed E-state index contributed by atoms with van der Waals surface area (Å²) in [5, 5.41) is 9.47. The van der Waals surface area contributed by atoms with Gasteiger partial charge in [0.25, 0.3) is 0 Å². The fourth-order valence-electron chi connectivity index (χ4n) is 5.36. The van der Waals surface area contributed by atoms with Crippen LogP contribution in [-0.4, -0.2) is 96.4 Å². The number of carbonyl (C=O) groups excluding carboxylic acids is 4. The van der Waals surface area contributed by atoms with Gasteiger partial charge in [-0.05, 0) is 33.6 Å². The van der Waals surface area contributed by atoms with E-state index in [1.807, 2.05) is 11.8 Å². The first-order valence-electron chi connectivity index (χ1n) is 13.2. The highest BCUT2D eigenvalue weighted by molar-refractivity contribution is 8.00. The standard InChI is InChI=1S/C25H44N4O6S/c1-6-29(7-2,17(3)14-20(35-19(5)31)15-34-18(4)30)13-12-26-23(32)11-9-8-10-22-24-21(16-36-22)27-25(33)28-24/h17,20-22,24H,6-16H2,1-5H3,(H2-,26,27,28,32,33)/p+1/t17?,20?,21-,22?,24-/m0/s1. The number of fused-ring (bicyclic) bond motifs is 1. The molecule has 2 fully saturated rings. The lowest BCUT2D eigenvalue weighted by Crippen LogP contribution is -2.58. The molecule has 0 aromatic heterocycles. The molecule has 2 saturated heterocycles. The second-order valence-corrected chi connectivity index (χ2v) is 11.2. The summed E-state index contributed by atoms with van der Waals surface area (Å²) in [7, 11) is 0. The zero-order valence-electron chi connectivity index (χ0n) is 22.5. The van der Waals surface area contributed by atoms with E-state index in [-0.39, 0.29) is 36.7 Å². The Morgan fingerprint density at radius 3 is 2.50 bits per heavy atom. The van der Waals surface area contributed by atoms with E-state index in [0.717, 1.165) is 49.1 Å². The van der Waals surface area contributed by atoms with Crippen LogP contribution in [0.1, 0.15) is 66.7 Å². The van der Waals surface area contributed by atoms with E-state index < -0.39 is 18.0 Å². The topological polar surface area (TPSA) is 123 Å². The highest BCUT2D eigenvalue weighted by atomic mass is 32.2. The Morgan fingerprint density at radius 2 is 1.86 bits per heavy atom. The van der Waals surface area contributed by atoms with Crippen molar-refractivity contribution < 1.29 is 33.1 Å². The van der Waals surface area contributed by atoms with E-state index >= 15 is 0 Å². The first-order valence-corrected chi connectivity index (χ1v) is 14.3. The van der Waals surface area contributed by atoms with Crippen molar-refractivity contribution in [3.05, 3.63) is 0 Å². The minimum absolute atomic E-state index is 0.0487. The molecular weight excluding hydrogens is 484 g/mol. The summed E-state index contributed by atoms with van der Waals surface area (Å²) < 4.78 is 11.3. The van der Waals surface area contributed by atoms with Gasteiger partial charge in [-0.1, -0.05) is 6.42 Å². The van der Waals surface area contributed by atoms with Crippen LogP contribution in [0.3, 0.4) is 0 Å². The molecule has 0 aromatic rings. The number of unbranched alkanes of at least 4 members (excludes halogenated alkanes) is 1. The zero-order valence-corrected chi connectivity index (χ0v) is 23.3. The average molecular weight is 530 g/mol. The molecule has 0 radical (unpaired) electrons. The molecule has 0 bridgehead atoms. The minimum Gasteiger partial charge on any atom is -0.462 e. The third-order valence-electron chi connectivity index (χ3n) is 7.56. The van der Waals surface area contributed by atoms with Crippen molar-refractivity contribution in [1.82, 2.24) is 16.0 Å². The van der Waals surface area contributed by atoms with Crippen molar-refractivity contribution in [2.45, 2.75) is 96.2 Å². The van der Waals surface area contributed by atoms with E-state index in [1.54, 1.807) is 0 Å². The van der Waals surface area contributed by atoms with Gasteiger partial charge in [-0.3, -0.25) is 14.4 Å². The molecule has 2 heterocycles. The van der Waals surface area contributed by atoms with Gasteiger partial charge >= 0.3 is 18.0 Å². The van der Waals surface area contributed by atoms with Gasteiger partial charge in [0, 0.05) is 37.7 Å². The Balaban J connectivity index is 1.73. The third kappa shape index (κ3) is 9.14. The fraction of sp³-hybridized carbons (Fsp3) is 0.840. The second-order valence-electron chi connectivity index (χ2n) is 9.91. The van der Waals surface area contributed by atoms with Gasteiger partial charge in [-0.15, -0.1) is 0 Å². The number of nitrogens with one attached hydrogen (secondary N) is 3. The lowest BCUT2D eigenvalue weighted by Gasteiger charge is -2.43.